The van der Waals surface area contributed by atoms with Gasteiger partial charge in [0.05, 0.1) is 12.3 Å². The Morgan fingerprint density at radius 3 is 3.00 bits per heavy atom. The van der Waals surface area contributed by atoms with Crippen molar-refractivity contribution >= 4 is 11.9 Å². The number of hydrogen-bond acceptors (Lipinski definition) is 4. The largest absolute Gasteiger partial charge is 0.550 e. The van der Waals surface area contributed by atoms with Gasteiger partial charge in [0.25, 0.3) is 0 Å². The van der Waals surface area contributed by atoms with Gasteiger partial charge >= 0.3 is 0 Å². The Bertz CT molecular complexity index is 478. The molecule has 0 saturated heterocycles. The average molecular weight is 264 g/mol. The summed E-state index contributed by atoms with van der Waals surface area (Å²) in [5.74, 6) is -0.262. The summed E-state index contributed by atoms with van der Waals surface area (Å²) in [6.45, 7) is 1.98. The van der Waals surface area contributed by atoms with Gasteiger partial charge in [0, 0.05) is 24.4 Å². The van der Waals surface area contributed by atoms with Gasteiger partial charge in [-0.25, -0.2) is 0 Å². The van der Waals surface area contributed by atoms with Gasteiger partial charge in [0.2, 0.25) is 5.91 Å². The molecule has 1 atom stereocenters. The van der Waals surface area contributed by atoms with Crippen molar-refractivity contribution in [2.45, 2.75) is 51.5 Å². The van der Waals surface area contributed by atoms with Crippen molar-refractivity contribution in [2.24, 2.45) is 0 Å². The van der Waals surface area contributed by atoms with E-state index in [1.165, 1.54) is 0 Å². The number of fused-ring (bicyclic) bond motifs is 1. The first-order chi connectivity index (χ1) is 9.08. The number of furan rings is 1. The number of hydrogen-bond donors (Lipinski definition) is 1. The summed E-state index contributed by atoms with van der Waals surface area (Å²) in [4.78, 5) is 22.1. The Morgan fingerprint density at radius 2 is 2.26 bits per heavy atom. The molecule has 1 heterocycles. The monoisotopic (exact) mass is 264 g/mol. The molecule has 5 heteroatoms. The van der Waals surface area contributed by atoms with Gasteiger partial charge in [-0.1, -0.05) is 0 Å². The molecule has 0 aliphatic heterocycles. The van der Waals surface area contributed by atoms with Gasteiger partial charge < -0.3 is 19.6 Å². The zero-order valence-corrected chi connectivity index (χ0v) is 11.0. The minimum atomic E-state index is -1.11. The molecule has 0 fully saturated rings. The predicted molar refractivity (Wildman–Crippen MR) is 66.1 cm³/mol. The van der Waals surface area contributed by atoms with Crippen molar-refractivity contribution in [3.8, 4) is 0 Å². The van der Waals surface area contributed by atoms with Crippen molar-refractivity contribution in [1.82, 2.24) is 5.32 Å². The van der Waals surface area contributed by atoms with Crippen molar-refractivity contribution in [1.29, 1.82) is 0 Å². The van der Waals surface area contributed by atoms with E-state index < -0.39 is 5.97 Å². The Labute approximate surface area is 112 Å². The molecule has 1 aromatic heterocycles. The van der Waals surface area contributed by atoms with Gasteiger partial charge in [-0.3, -0.25) is 4.79 Å². The number of carbonyl (C=O) groups excluding carboxylic acids is 2. The van der Waals surface area contributed by atoms with Crippen LogP contribution in [0.15, 0.2) is 10.7 Å². The highest BCUT2D eigenvalue weighted by Crippen LogP contribution is 2.33. The number of carbonyl (C=O) groups is 2. The van der Waals surface area contributed by atoms with E-state index in [9.17, 15) is 14.7 Å². The highest BCUT2D eigenvalue weighted by molar-refractivity contribution is 5.77. The lowest BCUT2D eigenvalue weighted by Gasteiger charge is -2.23. The molecule has 1 aliphatic carbocycles. The summed E-state index contributed by atoms with van der Waals surface area (Å²) in [6.07, 6.45) is 5.00. The molecule has 1 N–H and O–H groups in total. The molecule has 19 heavy (non-hydrogen) atoms. The molecular weight excluding hydrogens is 246 g/mol. The maximum atomic E-state index is 11.8. The van der Waals surface area contributed by atoms with Crippen LogP contribution in [0.3, 0.4) is 0 Å². The van der Waals surface area contributed by atoms with Crippen LogP contribution in [0.25, 0.3) is 0 Å². The van der Waals surface area contributed by atoms with Crippen molar-refractivity contribution in [3.05, 3.63) is 23.2 Å². The number of carboxylic acids is 1. The van der Waals surface area contributed by atoms with Crippen LogP contribution in [0.2, 0.25) is 0 Å². The highest BCUT2D eigenvalue weighted by Gasteiger charge is 2.26. The van der Waals surface area contributed by atoms with Gasteiger partial charge in [-0.2, -0.15) is 0 Å². The van der Waals surface area contributed by atoms with Crippen LogP contribution in [0.4, 0.5) is 0 Å². The second kappa shape index (κ2) is 5.91. The van der Waals surface area contributed by atoms with E-state index in [0.29, 0.717) is 6.42 Å². The SMILES string of the molecule is Cc1coc2c1[C@H](NC(=O)CCCC(=O)[O-])CCC2. The van der Waals surface area contributed by atoms with Gasteiger partial charge in [-0.05, 0) is 38.2 Å². The maximum absolute atomic E-state index is 11.8. The van der Waals surface area contributed by atoms with Gasteiger partial charge in [0.15, 0.2) is 0 Å². The van der Waals surface area contributed by atoms with Crippen LogP contribution in [0, 0.1) is 6.92 Å². The first kappa shape index (κ1) is 13.6. The Kier molecular flexibility index (Phi) is 4.24. The smallest absolute Gasteiger partial charge is 0.220 e. The lowest BCUT2D eigenvalue weighted by Crippen LogP contribution is -2.31. The van der Waals surface area contributed by atoms with Gasteiger partial charge in [0.1, 0.15) is 5.76 Å². The quantitative estimate of drug-likeness (QED) is 0.860. The van der Waals surface area contributed by atoms with E-state index in [0.717, 1.165) is 36.1 Å². The number of aliphatic carboxylic acids is 1. The summed E-state index contributed by atoms with van der Waals surface area (Å²) in [7, 11) is 0. The molecule has 0 spiro atoms. The lowest BCUT2D eigenvalue weighted by molar-refractivity contribution is -0.305. The van der Waals surface area contributed by atoms with E-state index >= 15 is 0 Å². The first-order valence-corrected chi connectivity index (χ1v) is 6.64. The highest BCUT2D eigenvalue weighted by atomic mass is 16.4. The molecule has 1 aromatic rings. The molecule has 0 aromatic carbocycles. The normalized spacial score (nSPS) is 17.8. The molecule has 2 rings (SSSR count). The molecular formula is C14H18NO4-. The standard InChI is InChI=1S/C14H19NO4/c1-9-8-19-11-5-2-4-10(14(9)11)15-12(16)6-3-7-13(17)18/h8,10H,2-7H2,1H3,(H,15,16)(H,17,18)/p-1/t10-/m1/s1. The number of aryl methyl sites for hydroxylation is 2. The van der Waals surface area contributed by atoms with Crippen LogP contribution in [0.1, 0.15) is 55.0 Å². The molecule has 1 amide bonds. The molecule has 1 aliphatic rings. The number of rotatable bonds is 5. The molecule has 5 nitrogen and oxygen atoms in total. The molecule has 104 valence electrons. The van der Waals surface area contributed by atoms with Crippen molar-refractivity contribution in [2.75, 3.05) is 0 Å². The maximum Gasteiger partial charge on any atom is 0.220 e. The number of nitrogens with one attached hydrogen (secondary N) is 1. The molecule has 0 unspecified atom stereocenters. The molecule has 0 saturated carbocycles. The van der Waals surface area contributed by atoms with Crippen LogP contribution in [-0.4, -0.2) is 11.9 Å². The van der Waals surface area contributed by atoms with E-state index in [1.54, 1.807) is 6.26 Å². The topological polar surface area (TPSA) is 82.4 Å². The van der Waals surface area contributed by atoms with Crippen molar-refractivity contribution < 1.29 is 19.1 Å². The van der Waals surface area contributed by atoms with E-state index in [-0.39, 0.29) is 24.8 Å². The Hall–Kier alpha value is -1.78. The summed E-state index contributed by atoms with van der Waals surface area (Å²) in [6, 6.07) is -0.00190. The summed E-state index contributed by atoms with van der Waals surface area (Å²) < 4.78 is 5.47. The second-order valence-electron chi connectivity index (χ2n) is 4.99. The van der Waals surface area contributed by atoms with Gasteiger partial charge in [-0.15, -0.1) is 0 Å². The van der Waals surface area contributed by atoms with E-state index in [4.69, 9.17) is 4.42 Å². The number of amides is 1. The van der Waals surface area contributed by atoms with Crippen LogP contribution < -0.4 is 10.4 Å². The van der Waals surface area contributed by atoms with E-state index in [2.05, 4.69) is 5.32 Å². The fourth-order valence-corrected chi connectivity index (χ4v) is 2.58. The molecule has 0 radical (unpaired) electrons. The third-order valence-electron chi connectivity index (χ3n) is 3.47. The second-order valence-corrected chi connectivity index (χ2v) is 4.99. The minimum absolute atomic E-state index is 0.00190. The number of carboxylic acid groups (broad SMARTS) is 1. The third-order valence-corrected chi connectivity index (χ3v) is 3.47. The Morgan fingerprint density at radius 1 is 1.47 bits per heavy atom. The zero-order chi connectivity index (χ0) is 13.8. The summed E-state index contributed by atoms with van der Waals surface area (Å²) in [5, 5.41) is 13.3. The predicted octanol–water partition coefficient (Wildman–Crippen LogP) is 1.00. The summed E-state index contributed by atoms with van der Waals surface area (Å²) in [5.41, 5.74) is 2.16. The summed E-state index contributed by atoms with van der Waals surface area (Å²) >= 11 is 0. The minimum Gasteiger partial charge on any atom is -0.550 e. The fourth-order valence-electron chi connectivity index (χ4n) is 2.58. The first-order valence-electron chi connectivity index (χ1n) is 6.64. The average Bonchev–Trinajstić information content (AvgIpc) is 2.72. The Balaban J connectivity index is 1.91. The van der Waals surface area contributed by atoms with Crippen LogP contribution >= 0.6 is 0 Å². The lowest BCUT2D eigenvalue weighted by atomic mass is 9.91. The zero-order valence-electron chi connectivity index (χ0n) is 11.0. The third kappa shape index (κ3) is 3.36. The van der Waals surface area contributed by atoms with Crippen molar-refractivity contribution in [3.63, 3.8) is 0 Å². The van der Waals surface area contributed by atoms with Crippen LogP contribution in [-0.2, 0) is 16.0 Å². The van der Waals surface area contributed by atoms with E-state index in [1.807, 2.05) is 6.92 Å². The van der Waals surface area contributed by atoms with Crippen LogP contribution in [0.5, 0.6) is 0 Å². The molecule has 0 bridgehead atoms. The fraction of sp³-hybridized carbons (Fsp3) is 0.571.